The van der Waals surface area contributed by atoms with Gasteiger partial charge in [-0.05, 0) is 43.0 Å². The summed E-state index contributed by atoms with van der Waals surface area (Å²) >= 11 is 0. The van der Waals surface area contributed by atoms with Crippen LogP contribution in [0.25, 0.3) is 0 Å². The van der Waals surface area contributed by atoms with Gasteiger partial charge in [0, 0.05) is 20.1 Å². The van der Waals surface area contributed by atoms with E-state index in [9.17, 15) is 31.1 Å². The molecule has 1 aliphatic rings. The average Bonchev–Trinajstić information content (AvgIpc) is 3.28. The zero-order chi connectivity index (χ0) is 28.4. The summed E-state index contributed by atoms with van der Waals surface area (Å²) < 4.78 is 88.7. The fraction of sp³-hybridized carbons (Fsp3) is 0.407. The van der Waals surface area contributed by atoms with Crippen molar-refractivity contribution < 1.29 is 35.9 Å². The van der Waals surface area contributed by atoms with Gasteiger partial charge in [-0.2, -0.15) is 31.3 Å². The van der Waals surface area contributed by atoms with E-state index in [1.807, 2.05) is 0 Å². The number of likely N-dealkylation sites (N-methyl/N-ethyl adjacent to an activating group) is 1. The number of carbonyl (C=O) groups is 1. The number of halogens is 6. The van der Waals surface area contributed by atoms with E-state index < -0.39 is 41.6 Å². The van der Waals surface area contributed by atoms with Crippen molar-refractivity contribution in [1.29, 1.82) is 0 Å². The van der Waals surface area contributed by atoms with E-state index >= 15 is 0 Å². The number of ether oxygens (including phenoxy) is 1. The topological polar surface area (TPSA) is 59.4 Å². The number of hydrogen-bond donors (Lipinski definition) is 1. The summed E-state index contributed by atoms with van der Waals surface area (Å²) in [6.45, 7) is 2.07. The lowest BCUT2D eigenvalue weighted by Gasteiger charge is -2.41. The zero-order valence-corrected chi connectivity index (χ0v) is 21.3. The minimum absolute atomic E-state index is 0.0893. The molecule has 1 aliphatic heterocycles. The van der Waals surface area contributed by atoms with Crippen molar-refractivity contribution in [2.24, 2.45) is 0 Å². The number of imidazole rings is 1. The fourth-order valence-electron chi connectivity index (χ4n) is 5.02. The molecule has 6 nitrogen and oxygen atoms in total. The Morgan fingerprint density at radius 1 is 1.03 bits per heavy atom. The van der Waals surface area contributed by atoms with E-state index in [4.69, 9.17) is 4.74 Å². The first kappa shape index (κ1) is 28.5. The van der Waals surface area contributed by atoms with Gasteiger partial charge in [0.05, 0.1) is 23.9 Å². The Morgan fingerprint density at radius 3 is 2.26 bits per heavy atom. The van der Waals surface area contributed by atoms with E-state index in [1.165, 1.54) is 23.7 Å². The van der Waals surface area contributed by atoms with Crippen molar-refractivity contribution in [3.05, 3.63) is 82.7 Å². The highest BCUT2D eigenvalue weighted by Crippen LogP contribution is 2.44. The Labute approximate surface area is 221 Å². The molecule has 210 valence electrons. The molecular formula is C27H28F6N4O2. The Kier molecular flexibility index (Phi) is 8.24. The highest BCUT2D eigenvalue weighted by molar-refractivity contribution is 5.83. The van der Waals surface area contributed by atoms with E-state index in [-0.39, 0.29) is 44.2 Å². The largest absolute Gasteiger partial charge is 0.465 e. The highest BCUT2D eigenvalue weighted by atomic mass is 19.4. The molecule has 0 unspecified atom stereocenters. The van der Waals surface area contributed by atoms with Gasteiger partial charge in [0.25, 0.3) is 6.01 Å². The maximum atomic E-state index is 14.3. The predicted molar refractivity (Wildman–Crippen MR) is 131 cm³/mol. The van der Waals surface area contributed by atoms with Crippen LogP contribution in [0.3, 0.4) is 0 Å². The summed E-state index contributed by atoms with van der Waals surface area (Å²) in [7, 11) is 1.46. The van der Waals surface area contributed by atoms with Crippen LogP contribution in [0.15, 0.2) is 54.6 Å². The molecule has 1 N–H and O–H groups in total. The second kappa shape index (κ2) is 11.3. The monoisotopic (exact) mass is 554 g/mol. The number of fused-ring (bicyclic) bond motifs is 1. The molecule has 2 heterocycles. The van der Waals surface area contributed by atoms with Gasteiger partial charge >= 0.3 is 12.4 Å². The van der Waals surface area contributed by atoms with Gasteiger partial charge in [-0.15, -0.1) is 0 Å². The molecule has 1 aromatic heterocycles. The minimum atomic E-state index is -4.79. The van der Waals surface area contributed by atoms with Gasteiger partial charge in [0.2, 0.25) is 5.91 Å². The SMILES string of the molecule is CCOc1nc(C(F)(F)F)c2n1CCN([C@@H](C(=O)NC)c1ccccc1)[C@H]2CCc1ccc(C(F)(F)F)cc1. The number of hydrogen-bond acceptors (Lipinski definition) is 4. The van der Waals surface area contributed by atoms with Gasteiger partial charge in [0.1, 0.15) is 6.04 Å². The molecule has 39 heavy (non-hydrogen) atoms. The molecule has 2 aromatic carbocycles. The smallest absolute Gasteiger partial charge is 0.435 e. The zero-order valence-electron chi connectivity index (χ0n) is 21.3. The second-order valence-corrected chi connectivity index (χ2v) is 9.13. The van der Waals surface area contributed by atoms with Gasteiger partial charge < -0.3 is 10.1 Å². The van der Waals surface area contributed by atoms with Gasteiger partial charge in [0.15, 0.2) is 5.69 Å². The number of benzene rings is 2. The summed E-state index contributed by atoms with van der Waals surface area (Å²) in [6, 6.07) is 11.2. The molecule has 12 heteroatoms. The molecule has 0 fully saturated rings. The second-order valence-electron chi connectivity index (χ2n) is 9.13. The van der Waals surface area contributed by atoms with Crippen molar-refractivity contribution in [3.8, 4) is 6.01 Å². The Hall–Kier alpha value is -3.54. The lowest BCUT2D eigenvalue weighted by molar-refractivity contribution is -0.143. The van der Waals surface area contributed by atoms with Crippen molar-refractivity contribution in [3.63, 3.8) is 0 Å². The predicted octanol–water partition coefficient (Wildman–Crippen LogP) is 5.80. The van der Waals surface area contributed by atoms with Crippen LogP contribution in [0.2, 0.25) is 0 Å². The summed E-state index contributed by atoms with van der Waals surface area (Å²) in [6.07, 6.45) is -9.04. The molecule has 2 atom stereocenters. The number of rotatable bonds is 8. The van der Waals surface area contributed by atoms with E-state index in [0.29, 0.717) is 11.1 Å². The summed E-state index contributed by atoms with van der Waals surface area (Å²) in [5.41, 5.74) is -0.920. The van der Waals surface area contributed by atoms with Crippen molar-refractivity contribution in [1.82, 2.24) is 19.8 Å². The van der Waals surface area contributed by atoms with Crippen LogP contribution < -0.4 is 10.1 Å². The maximum absolute atomic E-state index is 14.3. The van der Waals surface area contributed by atoms with Crippen molar-refractivity contribution >= 4 is 5.91 Å². The average molecular weight is 555 g/mol. The van der Waals surface area contributed by atoms with Gasteiger partial charge in [-0.25, -0.2) is 0 Å². The first-order chi connectivity index (χ1) is 18.5. The highest BCUT2D eigenvalue weighted by Gasteiger charge is 2.46. The van der Waals surface area contributed by atoms with Crippen LogP contribution in [0.5, 0.6) is 6.01 Å². The molecule has 0 saturated carbocycles. The molecule has 0 spiro atoms. The number of alkyl halides is 6. The number of aryl methyl sites for hydroxylation is 1. The minimum Gasteiger partial charge on any atom is -0.465 e. The molecule has 0 aliphatic carbocycles. The van der Waals surface area contributed by atoms with Crippen LogP contribution in [0.4, 0.5) is 26.3 Å². The number of amides is 1. The normalized spacial score (nSPS) is 17.0. The van der Waals surface area contributed by atoms with E-state index in [2.05, 4.69) is 10.3 Å². The third kappa shape index (κ3) is 6.05. The Balaban J connectivity index is 1.80. The molecule has 0 radical (unpaired) electrons. The first-order valence-electron chi connectivity index (χ1n) is 12.4. The summed E-state index contributed by atoms with van der Waals surface area (Å²) in [5.74, 6) is -0.396. The molecule has 0 bridgehead atoms. The summed E-state index contributed by atoms with van der Waals surface area (Å²) in [5, 5.41) is 2.61. The third-order valence-electron chi connectivity index (χ3n) is 6.74. The van der Waals surface area contributed by atoms with Crippen LogP contribution in [0.1, 0.15) is 53.5 Å². The summed E-state index contributed by atoms with van der Waals surface area (Å²) in [4.78, 5) is 18.6. The van der Waals surface area contributed by atoms with Crippen LogP contribution in [0, 0.1) is 0 Å². The van der Waals surface area contributed by atoms with Crippen molar-refractivity contribution in [2.45, 2.75) is 50.7 Å². The molecule has 3 aromatic rings. The standard InChI is InChI=1S/C27H28F6N4O2/c1-3-39-25-35-23(27(31,32)33)22-20(14-11-17-9-12-19(13-10-17)26(28,29)30)36(15-16-37(22)25)21(24(38)34-2)18-7-5-4-6-8-18/h4-10,12-13,20-21H,3,11,14-16H2,1-2H3,(H,34,38)/t20-,21+/m0/s1. The maximum Gasteiger partial charge on any atom is 0.435 e. The fourth-order valence-corrected chi connectivity index (χ4v) is 5.02. The lowest BCUT2D eigenvalue weighted by Crippen LogP contribution is -2.46. The third-order valence-corrected chi connectivity index (χ3v) is 6.74. The first-order valence-corrected chi connectivity index (χ1v) is 12.4. The molecular weight excluding hydrogens is 526 g/mol. The van der Waals surface area contributed by atoms with Crippen LogP contribution in [-0.2, 0) is 30.1 Å². The van der Waals surface area contributed by atoms with Crippen molar-refractivity contribution in [2.75, 3.05) is 20.2 Å². The Bertz CT molecular complexity index is 1270. The molecule has 1 amide bonds. The lowest BCUT2D eigenvalue weighted by atomic mass is 9.94. The van der Waals surface area contributed by atoms with Crippen LogP contribution >= 0.6 is 0 Å². The number of nitrogens with zero attached hydrogens (tertiary/aromatic N) is 3. The number of carbonyl (C=O) groups excluding carboxylic acids is 1. The van der Waals surface area contributed by atoms with Gasteiger partial charge in [-0.1, -0.05) is 42.5 Å². The Morgan fingerprint density at radius 2 is 1.69 bits per heavy atom. The van der Waals surface area contributed by atoms with Gasteiger partial charge in [-0.3, -0.25) is 14.3 Å². The van der Waals surface area contributed by atoms with Crippen LogP contribution in [-0.4, -0.2) is 40.6 Å². The molecule has 0 saturated heterocycles. The van der Waals surface area contributed by atoms with E-state index in [1.54, 1.807) is 42.2 Å². The van der Waals surface area contributed by atoms with E-state index in [0.717, 1.165) is 12.1 Å². The molecule has 4 rings (SSSR count). The number of aromatic nitrogens is 2. The quantitative estimate of drug-likeness (QED) is 0.358. The number of nitrogens with one attached hydrogen (secondary N) is 1.